The summed E-state index contributed by atoms with van der Waals surface area (Å²) in [6, 6.07) is 0. The predicted molar refractivity (Wildman–Crippen MR) is 88.9 cm³/mol. The van der Waals surface area contributed by atoms with Gasteiger partial charge in [-0.15, -0.1) is 11.3 Å². The molecule has 1 aromatic rings. The second-order valence-electron chi connectivity index (χ2n) is 6.41. The summed E-state index contributed by atoms with van der Waals surface area (Å²) in [7, 11) is 0. The summed E-state index contributed by atoms with van der Waals surface area (Å²) in [6.07, 6.45) is 3.00. The Kier molecular flexibility index (Phi) is 5.44. The molecule has 1 atom stereocenters. The van der Waals surface area contributed by atoms with Gasteiger partial charge in [-0.3, -0.25) is 9.69 Å². The highest BCUT2D eigenvalue weighted by molar-refractivity contribution is 7.09. The van der Waals surface area contributed by atoms with Gasteiger partial charge in [0.2, 0.25) is 5.91 Å². The molecule has 0 saturated carbocycles. The summed E-state index contributed by atoms with van der Waals surface area (Å²) >= 11 is 1.71. The minimum absolute atomic E-state index is 0.344. The molecule has 5 nitrogen and oxygen atoms in total. The number of hydrogen-bond acceptors (Lipinski definition) is 5. The molecule has 0 spiro atoms. The topological polar surface area (TPSA) is 48.5 Å². The van der Waals surface area contributed by atoms with E-state index in [4.69, 9.17) is 0 Å². The number of amides is 1. The van der Waals surface area contributed by atoms with Gasteiger partial charge in [0.1, 0.15) is 0 Å². The highest BCUT2D eigenvalue weighted by atomic mass is 32.1. The molecule has 0 radical (unpaired) electrons. The van der Waals surface area contributed by atoms with Crippen LogP contribution in [-0.2, 0) is 11.3 Å². The van der Waals surface area contributed by atoms with Crippen LogP contribution in [0.25, 0.3) is 0 Å². The number of piperazine rings is 1. The predicted octanol–water partition coefficient (Wildman–Crippen LogP) is 1.49. The molecule has 0 bridgehead atoms. The zero-order valence-corrected chi connectivity index (χ0v) is 14.2. The van der Waals surface area contributed by atoms with E-state index < -0.39 is 0 Å². The van der Waals surface area contributed by atoms with E-state index >= 15 is 0 Å². The Hall–Kier alpha value is -0.980. The van der Waals surface area contributed by atoms with Crippen molar-refractivity contribution in [2.75, 3.05) is 39.3 Å². The summed E-state index contributed by atoms with van der Waals surface area (Å²) in [4.78, 5) is 21.3. The number of hydrogen-bond donors (Lipinski definition) is 1. The number of carbonyl (C=O) groups excluding carboxylic acids is 1. The minimum Gasteiger partial charge on any atom is -0.340 e. The van der Waals surface area contributed by atoms with Crippen molar-refractivity contribution in [3.8, 4) is 0 Å². The molecular weight excluding hydrogens is 296 g/mol. The quantitative estimate of drug-likeness (QED) is 0.892. The Labute approximate surface area is 136 Å². The van der Waals surface area contributed by atoms with Crippen molar-refractivity contribution >= 4 is 17.2 Å². The van der Waals surface area contributed by atoms with E-state index in [0.29, 0.717) is 11.8 Å². The van der Waals surface area contributed by atoms with Crippen LogP contribution >= 0.6 is 11.3 Å². The third kappa shape index (κ3) is 4.27. The molecule has 0 aromatic carbocycles. The first-order chi connectivity index (χ1) is 10.7. The zero-order chi connectivity index (χ0) is 15.4. The van der Waals surface area contributed by atoms with Crippen molar-refractivity contribution in [1.82, 2.24) is 20.1 Å². The number of rotatable bonds is 5. The lowest BCUT2D eigenvalue weighted by molar-refractivity contribution is -0.133. The van der Waals surface area contributed by atoms with Crippen LogP contribution in [-0.4, -0.2) is 60.0 Å². The molecule has 3 rings (SSSR count). The standard InChI is InChI=1S/C16H26N4OS/c1-13-18-15(12-22-13)11-19-6-8-20(9-7-19)16(21)3-2-14-4-5-17-10-14/h12,14,17H,2-11H2,1H3. The van der Waals surface area contributed by atoms with Crippen molar-refractivity contribution in [3.63, 3.8) is 0 Å². The molecule has 22 heavy (non-hydrogen) atoms. The smallest absolute Gasteiger partial charge is 0.222 e. The Bertz CT molecular complexity index is 490. The van der Waals surface area contributed by atoms with Gasteiger partial charge in [0.15, 0.2) is 0 Å². The third-order valence-electron chi connectivity index (χ3n) is 4.71. The molecule has 6 heteroatoms. The fourth-order valence-electron chi connectivity index (χ4n) is 3.31. The molecule has 122 valence electrons. The van der Waals surface area contributed by atoms with E-state index in [0.717, 1.165) is 69.4 Å². The third-order valence-corrected chi connectivity index (χ3v) is 5.53. The average Bonchev–Trinajstić information content (AvgIpc) is 3.17. The first kappa shape index (κ1) is 15.9. The monoisotopic (exact) mass is 322 g/mol. The lowest BCUT2D eigenvalue weighted by atomic mass is 10.0. The van der Waals surface area contributed by atoms with Crippen molar-refractivity contribution in [1.29, 1.82) is 0 Å². The highest BCUT2D eigenvalue weighted by Crippen LogP contribution is 2.16. The van der Waals surface area contributed by atoms with E-state index in [2.05, 4.69) is 20.6 Å². The Balaban J connectivity index is 1.38. The zero-order valence-electron chi connectivity index (χ0n) is 13.4. The summed E-state index contributed by atoms with van der Waals surface area (Å²) in [5, 5.41) is 6.64. The SMILES string of the molecule is Cc1nc(CN2CCN(C(=O)CCC3CCNC3)CC2)cs1. The lowest BCUT2D eigenvalue weighted by Gasteiger charge is -2.34. The number of thiazole rings is 1. The molecule has 1 amide bonds. The molecule has 2 aliphatic heterocycles. The van der Waals surface area contributed by atoms with Gasteiger partial charge in [-0.05, 0) is 38.8 Å². The van der Waals surface area contributed by atoms with Crippen molar-refractivity contribution < 1.29 is 4.79 Å². The van der Waals surface area contributed by atoms with Crippen LogP contribution in [0.1, 0.15) is 30.0 Å². The molecule has 2 fully saturated rings. The molecule has 1 N–H and O–H groups in total. The highest BCUT2D eigenvalue weighted by Gasteiger charge is 2.23. The van der Waals surface area contributed by atoms with Gasteiger partial charge >= 0.3 is 0 Å². The fourth-order valence-corrected chi connectivity index (χ4v) is 3.92. The average molecular weight is 322 g/mol. The van der Waals surface area contributed by atoms with Crippen LogP contribution in [0.2, 0.25) is 0 Å². The molecule has 0 aliphatic carbocycles. The number of nitrogens with zero attached hydrogens (tertiary/aromatic N) is 3. The molecular formula is C16H26N4OS. The molecule has 3 heterocycles. The molecule has 1 unspecified atom stereocenters. The van der Waals surface area contributed by atoms with E-state index in [1.54, 1.807) is 11.3 Å². The van der Waals surface area contributed by atoms with Crippen LogP contribution in [0.3, 0.4) is 0 Å². The van der Waals surface area contributed by atoms with Gasteiger partial charge in [0, 0.05) is 44.5 Å². The first-order valence-electron chi connectivity index (χ1n) is 8.32. The van der Waals surface area contributed by atoms with Gasteiger partial charge in [0.25, 0.3) is 0 Å². The number of aromatic nitrogens is 1. The molecule has 2 saturated heterocycles. The Morgan fingerprint density at radius 1 is 1.41 bits per heavy atom. The largest absolute Gasteiger partial charge is 0.340 e. The summed E-state index contributed by atoms with van der Waals surface area (Å²) < 4.78 is 0. The number of aryl methyl sites for hydroxylation is 1. The van der Waals surface area contributed by atoms with Crippen LogP contribution in [0.15, 0.2) is 5.38 Å². The van der Waals surface area contributed by atoms with Crippen molar-refractivity contribution in [2.45, 2.75) is 32.7 Å². The van der Waals surface area contributed by atoms with Crippen LogP contribution in [0.5, 0.6) is 0 Å². The second-order valence-corrected chi connectivity index (χ2v) is 7.47. The van der Waals surface area contributed by atoms with Crippen molar-refractivity contribution in [3.05, 3.63) is 16.1 Å². The lowest BCUT2D eigenvalue weighted by Crippen LogP contribution is -2.48. The molecule has 1 aromatic heterocycles. The van der Waals surface area contributed by atoms with E-state index in [-0.39, 0.29) is 0 Å². The Morgan fingerprint density at radius 3 is 2.86 bits per heavy atom. The van der Waals surface area contributed by atoms with Crippen LogP contribution in [0, 0.1) is 12.8 Å². The summed E-state index contributed by atoms with van der Waals surface area (Å²) in [6.45, 7) is 8.84. The number of nitrogens with one attached hydrogen (secondary N) is 1. The van der Waals surface area contributed by atoms with E-state index in [1.807, 2.05) is 11.8 Å². The summed E-state index contributed by atoms with van der Waals surface area (Å²) in [5.74, 6) is 1.05. The number of carbonyl (C=O) groups is 1. The van der Waals surface area contributed by atoms with Gasteiger partial charge in [-0.1, -0.05) is 0 Å². The van der Waals surface area contributed by atoms with Crippen molar-refractivity contribution in [2.24, 2.45) is 5.92 Å². The van der Waals surface area contributed by atoms with Crippen LogP contribution in [0.4, 0.5) is 0 Å². The minimum atomic E-state index is 0.344. The van der Waals surface area contributed by atoms with Gasteiger partial charge in [0.05, 0.1) is 10.7 Å². The van der Waals surface area contributed by atoms with Gasteiger partial charge in [-0.25, -0.2) is 4.98 Å². The van der Waals surface area contributed by atoms with E-state index in [9.17, 15) is 4.79 Å². The maximum Gasteiger partial charge on any atom is 0.222 e. The van der Waals surface area contributed by atoms with Crippen LogP contribution < -0.4 is 5.32 Å². The molecule has 2 aliphatic rings. The van der Waals surface area contributed by atoms with E-state index in [1.165, 1.54) is 6.42 Å². The Morgan fingerprint density at radius 2 is 2.23 bits per heavy atom. The normalized spacial score (nSPS) is 23.1. The van der Waals surface area contributed by atoms with Gasteiger partial charge in [-0.2, -0.15) is 0 Å². The van der Waals surface area contributed by atoms with Gasteiger partial charge < -0.3 is 10.2 Å². The fraction of sp³-hybridized carbons (Fsp3) is 0.750. The summed E-state index contributed by atoms with van der Waals surface area (Å²) in [5.41, 5.74) is 1.16. The maximum absolute atomic E-state index is 12.3. The maximum atomic E-state index is 12.3. The first-order valence-corrected chi connectivity index (χ1v) is 9.20. The second kappa shape index (κ2) is 7.53.